The van der Waals surface area contributed by atoms with Crippen molar-refractivity contribution < 1.29 is 4.52 Å². The Morgan fingerprint density at radius 3 is 2.42 bits per heavy atom. The van der Waals surface area contributed by atoms with Crippen LogP contribution >= 0.6 is 23.2 Å². The van der Waals surface area contributed by atoms with Crippen molar-refractivity contribution in [3.05, 3.63) is 34.1 Å². The quantitative estimate of drug-likeness (QED) is 0.923. The number of nitrogens with zero attached hydrogens (tertiary/aromatic N) is 2. The van der Waals surface area contributed by atoms with Crippen molar-refractivity contribution in [2.75, 3.05) is 0 Å². The van der Waals surface area contributed by atoms with E-state index in [4.69, 9.17) is 33.5 Å². The summed E-state index contributed by atoms with van der Waals surface area (Å²) in [6.45, 7) is 4.18. The molecule has 0 aliphatic rings. The Morgan fingerprint density at radius 2 is 1.84 bits per heavy atom. The molecule has 0 spiro atoms. The summed E-state index contributed by atoms with van der Waals surface area (Å²) in [6, 6.07) is 4.86. The van der Waals surface area contributed by atoms with Gasteiger partial charge >= 0.3 is 0 Å². The highest BCUT2D eigenvalue weighted by molar-refractivity contribution is 6.35. The summed E-state index contributed by atoms with van der Waals surface area (Å²) in [6.07, 6.45) is 0.790. The smallest absolute Gasteiger partial charge is 0.243 e. The minimum Gasteiger partial charge on any atom is -0.337 e. The number of hydrogen-bond donors (Lipinski definition) is 1. The van der Waals surface area contributed by atoms with E-state index in [1.54, 1.807) is 18.2 Å². The van der Waals surface area contributed by atoms with Crippen LogP contribution in [-0.2, 0) is 0 Å². The second kappa shape index (κ2) is 5.90. The third-order valence-corrected chi connectivity index (χ3v) is 3.04. The molecule has 1 aromatic carbocycles. The molecule has 0 bridgehead atoms. The average Bonchev–Trinajstić information content (AvgIpc) is 2.75. The maximum Gasteiger partial charge on any atom is 0.243 e. The molecule has 2 N–H and O–H groups in total. The Labute approximate surface area is 121 Å². The fourth-order valence-electron chi connectivity index (χ4n) is 1.79. The summed E-state index contributed by atoms with van der Waals surface area (Å²) in [5, 5.41) is 4.97. The van der Waals surface area contributed by atoms with Crippen molar-refractivity contribution in [3.8, 4) is 11.4 Å². The minimum atomic E-state index is -0.254. The summed E-state index contributed by atoms with van der Waals surface area (Å²) in [5.41, 5.74) is 6.71. The van der Waals surface area contributed by atoms with Crippen molar-refractivity contribution in [1.29, 1.82) is 0 Å². The monoisotopic (exact) mass is 299 g/mol. The highest BCUT2D eigenvalue weighted by atomic mass is 35.5. The fraction of sp³-hybridized carbons (Fsp3) is 0.385. The van der Waals surface area contributed by atoms with Gasteiger partial charge in [-0.15, -0.1) is 0 Å². The number of benzene rings is 1. The molecular weight excluding hydrogens is 285 g/mol. The van der Waals surface area contributed by atoms with Gasteiger partial charge < -0.3 is 10.3 Å². The lowest BCUT2D eigenvalue weighted by Gasteiger charge is -2.08. The number of halogens is 2. The van der Waals surface area contributed by atoms with Crippen LogP contribution in [0.5, 0.6) is 0 Å². The van der Waals surface area contributed by atoms with E-state index in [2.05, 4.69) is 24.0 Å². The summed E-state index contributed by atoms with van der Waals surface area (Å²) in [7, 11) is 0. The molecule has 0 amide bonds. The standard InChI is InChI=1S/C13H15Cl2N3O/c1-7(2)3-11(16)13-17-12(18-19-13)8-4-9(14)6-10(15)5-8/h4-7,11H,3,16H2,1-2H3/t11-/m1/s1. The summed E-state index contributed by atoms with van der Waals surface area (Å²) >= 11 is 11.9. The Kier molecular flexibility index (Phi) is 4.45. The maximum atomic E-state index is 6.00. The lowest BCUT2D eigenvalue weighted by atomic mass is 10.0. The Hall–Kier alpha value is -1.10. The normalized spacial score (nSPS) is 12.9. The van der Waals surface area contributed by atoms with Crippen molar-refractivity contribution in [2.24, 2.45) is 11.7 Å². The molecule has 19 heavy (non-hydrogen) atoms. The minimum absolute atomic E-state index is 0.254. The zero-order chi connectivity index (χ0) is 14.0. The molecule has 0 aliphatic carbocycles. The first-order valence-electron chi connectivity index (χ1n) is 6.01. The van der Waals surface area contributed by atoms with Gasteiger partial charge in [-0.3, -0.25) is 0 Å². The lowest BCUT2D eigenvalue weighted by Crippen LogP contribution is -2.13. The highest BCUT2D eigenvalue weighted by Gasteiger charge is 2.17. The predicted octanol–water partition coefficient (Wildman–Crippen LogP) is 4.09. The van der Waals surface area contributed by atoms with Gasteiger partial charge in [0.25, 0.3) is 0 Å². The first kappa shape index (κ1) is 14.3. The van der Waals surface area contributed by atoms with Gasteiger partial charge in [0.2, 0.25) is 11.7 Å². The van der Waals surface area contributed by atoms with Crippen LogP contribution in [0.2, 0.25) is 10.0 Å². The first-order valence-corrected chi connectivity index (χ1v) is 6.77. The molecule has 2 aromatic rings. The molecule has 1 heterocycles. The molecule has 0 unspecified atom stereocenters. The number of aromatic nitrogens is 2. The zero-order valence-electron chi connectivity index (χ0n) is 10.7. The van der Waals surface area contributed by atoms with Gasteiger partial charge in [-0.05, 0) is 30.5 Å². The van der Waals surface area contributed by atoms with Crippen molar-refractivity contribution in [3.63, 3.8) is 0 Å². The van der Waals surface area contributed by atoms with E-state index in [1.807, 2.05) is 0 Å². The second-order valence-corrected chi connectivity index (χ2v) is 5.72. The van der Waals surface area contributed by atoms with Crippen LogP contribution in [0, 0.1) is 5.92 Å². The third kappa shape index (κ3) is 3.69. The van der Waals surface area contributed by atoms with E-state index in [0.29, 0.717) is 33.2 Å². The van der Waals surface area contributed by atoms with E-state index in [1.165, 1.54) is 0 Å². The molecule has 0 saturated carbocycles. The van der Waals surface area contributed by atoms with Crippen molar-refractivity contribution >= 4 is 23.2 Å². The van der Waals surface area contributed by atoms with Gasteiger partial charge in [0.1, 0.15) is 0 Å². The zero-order valence-corrected chi connectivity index (χ0v) is 12.2. The predicted molar refractivity (Wildman–Crippen MR) is 76.1 cm³/mol. The Morgan fingerprint density at radius 1 is 1.21 bits per heavy atom. The van der Waals surface area contributed by atoms with Crippen LogP contribution in [0.15, 0.2) is 22.7 Å². The van der Waals surface area contributed by atoms with E-state index in [0.717, 1.165) is 6.42 Å². The van der Waals surface area contributed by atoms with Crippen LogP contribution < -0.4 is 5.73 Å². The molecule has 2 rings (SSSR count). The van der Waals surface area contributed by atoms with Crippen LogP contribution in [0.25, 0.3) is 11.4 Å². The topological polar surface area (TPSA) is 64.9 Å². The molecular formula is C13H15Cl2N3O. The lowest BCUT2D eigenvalue weighted by molar-refractivity contribution is 0.335. The summed E-state index contributed by atoms with van der Waals surface area (Å²) in [4.78, 5) is 4.30. The van der Waals surface area contributed by atoms with Crippen LogP contribution in [0.1, 0.15) is 32.2 Å². The van der Waals surface area contributed by atoms with Gasteiger partial charge in [-0.25, -0.2) is 0 Å². The van der Waals surface area contributed by atoms with Crippen LogP contribution in [0.4, 0.5) is 0 Å². The van der Waals surface area contributed by atoms with E-state index in [-0.39, 0.29) is 6.04 Å². The molecule has 0 aliphatic heterocycles. The summed E-state index contributed by atoms with van der Waals surface area (Å²) in [5.74, 6) is 1.34. The molecule has 0 saturated heterocycles. The first-order chi connectivity index (χ1) is 8.95. The van der Waals surface area contributed by atoms with Gasteiger partial charge in [0, 0.05) is 15.6 Å². The average molecular weight is 300 g/mol. The molecule has 6 heteroatoms. The molecule has 0 fully saturated rings. The van der Waals surface area contributed by atoms with Gasteiger partial charge in [-0.1, -0.05) is 42.2 Å². The van der Waals surface area contributed by atoms with Crippen LogP contribution in [0.3, 0.4) is 0 Å². The van der Waals surface area contributed by atoms with Gasteiger partial charge in [-0.2, -0.15) is 4.98 Å². The fourth-order valence-corrected chi connectivity index (χ4v) is 2.32. The molecule has 1 atom stereocenters. The van der Waals surface area contributed by atoms with Crippen LogP contribution in [-0.4, -0.2) is 10.1 Å². The SMILES string of the molecule is CC(C)C[C@@H](N)c1nc(-c2cc(Cl)cc(Cl)c2)no1. The second-order valence-electron chi connectivity index (χ2n) is 4.85. The Bertz CT molecular complexity index is 549. The van der Waals surface area contributed by atoms with Crippen molar-refractivity contribution in [2.45, 2.75) is 26.3 Å². The molecule has 1 aromatic heterocycles. The number of rotatable bonds is 4. The van der Waals surface area contributed by atoms with E-state index >= 15 is 0 Å². The molecule has 4 nitrogen and oxygen atoms in total. The van der Waals surface area contributed by atoms with Crippen molar-refractivity contribution in [1.82, 2.24) is 10.1 Å². The maximum absolute atomic E-state index is 6.00. The largest absolute Gasteiger partial charge is 0.337 e. The van der Waals surface area contributed by atoms with E-state index < -0.39 is 0 Å². The Balaban J connectivity index is 2.25. The van der Waals surface area contributed by atoms with Gasteiger partial charge in [0.05, 0.1) is 6.04 Å². The molecule has 0 radical (unpaired) electrons. The number of nitrogens with two attached hydrogens (primary N) is 1. The third-order valence-electron chi connectivity index (χ3n) is 2.61. The highest BCUT2D eigenvalue weighted by Crippen LogP contribution is 2.26. The molecule has 102 valence electrons. The van der Waals surface area contributed by atoms with E-state index in [9.17, 15) is 0 Å². The van der Waals surface area contributed by atoms with Gasteiger partial charge in [0.15, 0.2) is 0 Å². The summed E-state index contributed by atoms with van der Waals surface area (Å²) < 4.78 is 5.19. The number of hydrogen-bond acceptors (Lipinski definition) is 4.